The fourth-order valence-electron chi connectivity index (χ4n) is 4.49. The van der Waals surface area contributed by atoms with E-state index in [-0.39, 0.29) is 17.4 Å². The number of aromatic nitrogens is 2. The number of phenols is 1. The van der Waals surface area contributed by atoms with Crippen molar-refractivity contribution in [3.05, 3.63) is 126 Å². The third-order valence-electron chi connectivity index (χ3n) is 6.24. The molecule has 0 bridgehead atoms. The molecule has 2 aromatic heterocycles. The summed E-state index contributed by atoms with van der Waals surface area (Å²) in [4.78, 5) is 13.4. The zero-order chi connectivity index (χ0) is 24.5. The van der Waals surface area contributed by atoms with Crippen LogP contribution in [0.15, 0.2) is 119 Å². The van der Waals surface area contributed by atoms with Gasteiger partial charge in [0.25, 0.3) is 0 Å². The summed E-state index contributed by atoms with van der Waals surface area (Å²) in [6.45, 7) is 0. The van der Waals surface area contributed by atoms with Crippen molar-refractivity contribution in [3.63, 3.8) is 0 Å². The number of para-hydroxylation sites is 2. The van der Waals surface area contributed by atoms with Crippen molar-refractivity contribution in [2.75, 3.05) is 0 Å². The van der Waals surface area contributed by atoms with Crippen molar-refractivity contribution in [2.24, 2.45) is 5.10 Å². The lowest BCUT2D eigenvalue weighted by Crippen LogP contribution is -2.26. The van der Waals surface area contributed by atoms with Crippen LogP contribution in [-0.4, -0.2) is 31.5 Å². The maximum Gasteiger partial charge on any atom is 0.310 e. The first-order valence-electron chi connectivity index (χ1n) is 11.6. The van der Waals surface area contributed by atoms with Crippen LogP contribution in [0.3, 0.4) is 0 Å². The number of carbonyl (C=O) groups excluding carboxylic acids is 1. The highest BCUT2D eigenvalue weighted by Gasteiger charge is 2.37. The number of hydrogen-bond donors (Lipinski definition) is 1. The van der Waals surface area contributed by atoms with Gasteiger partial charge in [-0.25, -0.2) is 9.69 Å². The molecule has 1 amide bonds. The van der Waals surface area contributed by atoms with Gasteiger partial charge in [0.15, 0.2) is 5.76 Å². The molecule has 0 saturated heterocycles. The van der Waals surface area contributed by atoms with Crippen LogP contribution < -0.4 is 0 Å². The average molecular weight is 475 g/mol. The Labute approximate surface area is 207 Å². The van der Waals surface area contributed by atoms with Gasteiger partial charge in [0, 0.05) is 29.3 Å². The Morgan fingerprint density at radius 2 is 1.61 bits per heavy atom. The van der Waals surface area contributed by atoms with Crippen LogP contribution in [-0.2, 0) is 0 Å². The van der Waals surface area contributed by atoms with Crippen molar-refractivity contribution >= 4 is 11.6 Å². The summed E-state index contributed by atoms with van der Waals surface area (Å²) in [6.07, 6.45) is 3.81. The predicted octanol–water partition coefficient (Wildman–Crippen LogP) is 5.83. The highest BCUT2D eigenvalue weighted by Crippen LogP contribution is 2.39. The van der Waals surface area contributed by atoms with Crippen molar-refractivity contribution in [1.82, 2.24) is 14.8 Å². The lowest BCUT2D eigenvalue weighted by atomic mass is 9.96. The van der Waals surface area contributed by atoms with Crippen LogP contribution in [0.2, 0.25) is 0 Å². The fraction of sp³-hybridized carbons (Fsp3) is 0.0690. The first kappa shape index (κ1) is 21.6. The molecular weight excluding hydrogens is 452 g/mol. The van der Waals surface area contributed by atoms with E-state index in [0.29, 0.717) is 17.7 Å². The molecule has 1 N–H and O–H groups in total. The third kappa shape index (κ3) is 3.86. The van der Waals surface area contributed by atoms with Gasteiger partial charge in [0.2, 0.25) is 0 Å². The lowest BCUT2D eigenvalue weighted by Gasteiger charge is -2.21. The summed E-state index contributed by atoms with van der Waals surface area (Å²) in [5.41, 5.74) is 4.76. The van der Waals surface area contributed by atoms with Crippen LogP contribution >= 0.6 is 0 Å². The highest BCUT2D eigenvalue weighted by atomic mass is 16.3. The Bertz CT molecular complexity index is 1540. The van der Waals surface area contributed by atoms with Gasteiger partial charge in [0.05, 0.1) is 23.7 Å². The summed E-state index contributed by atoms with van der Waals surface area (Å²) in [6, 6.07) is 29.6. The van der Waals surface area contributed by atoms with E-state index >= 15 is 0 Å². The number of hydrazone groups is 1. The Hall–Kier alpha value is -4.91. The average Bonchev–Trinajstić information content (AvgIpc) is 3.69. The van der Waals surface area contributed by atoms with Gasteiger partial charge in [-0.2, -0.15) is 10.2 Å². The van der Waals surface area contributed by atoms with Gasteiger partial charge in [0.1, 0.15) is 11.4 Å². The summed E-state index contributed by atoms with van der Waals surface area (Å²) >= 11 is 0. The van der Waals surface area contributed by atoms with Crippen LogP contribution in [0.25, 0.3) is 16.9 Å². The molecule has 0 aliphatic carbocycles. The first-order chi connectivity index (χ1) is 17.7. The molecule has 6 rings (SSSR count). The normalized spacial score (nSPS) is 15.2. The number of phenolic OH excluding ortho intramolecular Hbond substituents is 1. The van der Waals surface area contributed by atoms with E-state index in [9.17, 15) is 9.90 Å². The molecular formula is C29H22N4O3. The number of furan rings is 1. The maximum atomic E-state index is 13.4. The van der Waals surface area contributed by atoms with Gasteiger partial charge in [-0.15, -0.1) is 0 Å². The quantitative estimate of drug-likeness (QED) is 0.347. The van der Waals surface area contributed by atoms with Crippen LogP contribution in [0.1, 0.15) is 34.1 Å². The Morgan fingerprint density at radius 1 is 0.889 bits per heavy atom. The molecule has 3 heterocycles. The van der Waals surface area contributed by atoms with Gasteiger partial charge in [-0.3, -0.25) is 4.79 Å². The number of nitrogens with zero attached hydrogens (tertiary/aromatic N) is 4. The van der Waals surface area contributed by atoms with Crippen molar-refractivity contribution in [3.8, 4) is 22.7 Å². The molecule has 36 heavy (non-hydrogen) atoms. The largest absolute Gasteiger partial charge is 0.508 e. The van der Waals surface area contributed by atoms with E-state index in [4.69, 9.17) is 14.6 Å². The van der Waals surface area contributed by atoms with E-state index in [2.05, 4.69) is 0 Å². The molecule has 1 aliphatic heterocycles. The molecule has 176 valence electrons. The second kappa shape index (κ2) is 9.03. The SMILES string of the molecule is O=C(c1ccco1)N1N=C(c2cn(-c3ccccc3)nc2-c2ccccc2)CC1c1ccccc1O. The van der Waals surface area contributed by atoms with Gasteiger partial charge >= 0.3 is 5.91 Å². The number of hydrogen-bond acceptors (Lipinski definition) is 5. The zero-order valence-corrected chi connectivity index (χ0v) is 19.2. The molecule has 7 heteroatoms. The summed E-state index contributed by atoms with van der Waals surface area (Å²) in [5.74, 6) is -0.0805. The predicted molar refractivity (Wildman–Crippen MR) is 136 cm³/mol. The molecule has 5 aromatic rings. The molecule has 1 aliphatic rings. The van der Waals surface area contributed by atoms with Gasteiger partial charge in [-0.1, -0.05) is 66.7 Å². The Morgan fingerprint density at radius 3 is 2.33 bits per heavy atom. The topological polar surface area (TPSA) is 83.9 Å². The van der Waals surface area contributed by atoms with E-state index < -0.39 is 6.04 Å². The molecule has 1 unspecified atom stereocenters. The Balaban J connectivity index is 1.48. The van der Waals surface area contributed by atoms with Crippen molar-refractivity contribution in [1.29, 1.82) is 0 Å². The van der Waals surface area contributed by atoms with Gasteiger partial charge < -0.3 is 9.52 Å². The second-order valence-corrected chi connectivity index (χ2v) is 8.49. The highest BCUT2D eigenvalue weighted by molar-refractivity contribution is 6.08. The standard InChI is InChI=1S/C29H22N4O3/c34-26-15-8-7-14-22(26)25-18-24(30-33(25)29(35)27-16-9-17-36-27)23-19-32(21-12-5-2-6-13-21)31-28(23)20-10-3-1-4-11-20/h1-17,19,25,34H,18H2. The minimum absolute atomic E-state index is 0.111. The van der Waals surface area contributed by atoms with Crippen LogP contribution in [0, 0.1) is 0 Å². The smallest absolute Gasteiger partial charge is 0.310 e. The van der Waals surface area contributed by atoms with Crippen molar-refractivity contribution < 1.29 is 14.3 Å². The molecule has 7 nitrogen and oxygen atoms in total. The van der Waals surface area contributed by atoms with Crippen LogP contribution in [0.5, 0.6) is 5.75 Å². The van der Waals surface area contributed by atoms with E-state index in [1.165, 1.54) is 11.3 Å². The molecule has 0 radical (unpaired) electrons. The minimum Gasteiger partial charge on any atom is -0.508 e. The third-order valence-corrected chi connectivity index (χ3v) is 6.24. The Kier molecular flexibility index (Phi) is 5.42. The summed E-state index contributed by atoms with van der Waals surface area (Å²) < 4.78 is 7.20. The van der Waals surface area contributed by atoms with E-state index in [1.54, 1.807) is 24.3 Å². The summed E-state index contributed by atoms with van der Waals surface area (Å²) in [7, 11) is 0. The number of amides is 1. The summed E-state index contributed by atoms with van der Waals surface area (Å²) in [5, 5.41) is 21.7. The molecule has 1 atom stereocenters. The molecule has 3 aromatic carbocycles. The molecule has 0 saturated carbocycles. The van der Waals surface area contributed by atoms with Crippen molar-refractivity contribution in [2.45, 2.75) is 12.5 Å². The zero-order valence-electron chi connectivity index (χ0n) is 19.2. The number of aromatic hydroxyl groups is 1. The second-order valence-electron chi connectivity index (χ2n) is 8.49. The number of rotatable bonds is 5. The number of benzene rings is 3. The van der Waals surface area contributed by atoms with Gasteiger partial charge in [-0.05, 0) is 30.3 Å². The first-order valence-corrected chi connectivity index (χ1v) is 11.6. The number of carbonyl (C=O) groups is 1. The monoisotopic (exact) mass is 474 g/mol. The minimum atomic E-state index is -0.498. The lowest BCUT2D eigenvalue weighted by molar-refractivity contribution is 0.0677. The van der Waals surface area contributed by atoms with E-state index in [1.807, 2.05) is 83.7 Å². The molecule has 0 fully saturated rings. The molecule has 0 spiro atoms. The van der Waals surface area contributed by atoms with E-state index in [0.717, 1.165) is 22.5 Å². The van der Waals surface area contributed by atoms with Crippen LogP contribution in [0.4, 0.5) is 0 Å². The fourth-order valence-corrected chi connectivity index (χ4v) is 4.49. The maximum absolute atomic E-state index is 13.4.